The lowest BCUT2D eigenvalue weighted by Crippen LogP contribution is -2.38. The molecule has 0 spiro atoms. The summed E-state index contributed by atoms with van der Waals surface area (Å²) in [5.41, 5.74) is 1.01. The molecule has 0 radical (unpaired) electrons. The van der Waals surface area contributed by atoms with E-state index in [9.17, 15) is 4.79 Å². The zero-order valence-corrected chi connectivity index (χ0v) is 12.3. The molecule has 1 rings (SSSR count). The van der Waals surface area contributed by atoms with Crippen LogP contribution in [0.2, 0.25) is 0 Å². The van der Waals surface area contributed by atoms with Gasteiger partial charge in [0.15, 0.2) is 0 Å². The molecule has 4 heteroatoms. The van der Waals surface area contributed by atoms with Crippen molar-refractivity contribution < 1.29 is 9.90 Å². The van der Waals surface area contributed by atoms with E-state index in [2.05, 4.69) is 21.2 Å². The Morgan fingerprint density at radius 1 is 1.41 bits per heavy atom. The topological polar surface area (TPSA) is 49.3 Å². The summed E-state index contributed by atoms with van der Waals surface area (Å²) in [6.45, 7) is 5.90. The van der Waals surface area contributed by atoms with Crippen LogP contribution in [0.1, 0.15) is 32.3 Å². The second kappa shape index (κ2) is 8.25. The number of hydrogen-bond acceptors (Lipinski definition) is 2. The highest BCUT2D eigenvalue weighted by Crippen LogP contribution is 2.22. The first-order chi connectivity index (χ1) is 8.06. The number of carboxylic acids is 1. The summed E-state index contributed by atoms with van der Waals surface area (Å²) in [7, 11) is 1.66. The van der Waals surface area contributed by atoms with E-state index >= 15 is 0 Å². The molecule has 0 saturated carbocycles. The lowest BCUT2D eigenvalue weighted by Gasteiger charge is -2.19. The average Bonchev–Trinajstić information content (AvgIpc) is 2.32. The highest BCUT2D eigenvalue weighted by Gasteiger charge is 2.23. The Morgan fingerprint density at radius 3 is 2.41 bits per heavy atom. The minimum absolute atomic E-state index is 0.0648. The molecule has 0 aliphatic carbocycles. The fraction of sp³-hybridized carbons (Fsp3) is 0.462. The van der Waals surface area contributed by atoms with Crippen LogP contribution < -0.4 is 5.32 Å². The maximum Gasteiger partial charge on any atom is 0.321 e. The molecule has 0 fully saturated rings. The predicted octanol–water partition coefficient (Wildman–Crippen LogP) is 3.25. The van der Waals surface area contributed by atoms with Gasteiger partial charge in [0.1, 0.15) is 6.04 Å². The van der Waals surface area contributed by atoms with Gasteiger partial charge in [-0.2, -0.15) is 0 Å². The second-order valence-electron chi connectivity index (χ2n) is 3.45. The average molecular weight is 302 g/mol. The SMILES string of the molecule is CC.CNC(C(=O)O)C(C)c1cccc(Br)c1. The molecule has 0 bridgehead atoms. The minimum Gasteiger partial charge on any atom is -0.480 e. The summed E-state index contributed by atoms with van der Waals surface area (Å²) in [6.07, 6.45) is 0. The van der Waals surface area contributed by atoms with Gasteiger partial charge >= 0.3 is 5.97 Å². The van der Waals surface area contributed by atoms with Crippen molar-refractivity contribution in [1.29, 1.82) is 0 Å². The minimum atomic E-state index is -0.829. The third-order valence-electron chi connectivity index (χ3n) is 2.45. The molecule has 2 unspecified atom stereocenters. The normalized spacial score (nSPS) is 13.2. The smallest absolute Gasteiger partial charge is 0.321 e. The summed E-state index contributed by atoms with van der Waals surface area (Å²) in [6, 6.07) is 7.15. The maximum absolute atomic E-state index is 11.0. The van der Waals surface area contributed by atoms with Gasteiger partial charge in [-0.05, 0) is 24.7 Å². The number of carboxylic acid groups (broad SMARTS) is 1. The van der Waals surface area contributed by atoms with E-state index in [0.717, 1.165) is 10.0 Å². The van der Waals surface area contributed by atoms with E-state index in [1.807, 2.05) is 45.0 Å². The maximum atomic E-state index is 11.0. The Balaban J connectivity index is 0.00000121. The molecule has 0 aliphatic rings. The van der Waals surface area contributed by atoms with Crippen LogP contribution in [-0.4, -0.2) is 24.2 Å². The van der Waals surface area contributed by atoms with E-state index in [1.165, 1.54) is 0 Å². The van der Waals surface area contributed by atoms with E-state index in [-0.39, 0.29) is 5.92 Å². The number of likely N-dealkylation sites (N-methyl/N-ethyl adjacent to an activating group) is 1. The molecule has 0 aliphatic heterocycles. The van der Waals surface area contributed by atoms with Gasteiger partial charge in [-0.1, -0.05) is 48.8 Å². The van der Waals surface area contributed by atoms with Crippen LogP contribution in [0.4, 0.5) is 0 Å². The fourth-order valence-corrected chi connectivity index (χ4v) is 1.99. The largest absolute Gasteiger partial charge is 0.480 e. The van der Waals surface area contributed by atoms with Gasteiger partial charge in [-0.25, -0.2) is 0 Å². The van der Waals surface area contributed by atoms with Crippen molar-refractivity contribution in [1.82, 2.24) is 5.32 Å². The molecule has 0 heterocycles. The lowest BCUT2D eigenvalue weighted by atomic mass is 9.93. The molecule has 1 aromatic carbocycles. The summed E-state index contributed by atoms with van der Waals surface area (Å²) in [5, 5.41) is 11.8. The van der Waals surface area contributed by atoms with E-state index < -0.39 is 12.0 Å². The molecular weight excluding hydrogens is 282 g/mol. The summed E-state index contributed by atoms with van der Waals surface area (Å²) >= 11 is 3.37. The van der Waals surface area contributed by atoms with Crippen molar-refractivity contribution in [3.05, 3.63) is 34.3 Å². The molecular formula is C13H20BrNO2. The highest BCUT2D eigenvalue weighted by molar-refractivity contribution is 9.10. The van der Waals surface area contributed by atoms with Crippen molar-refractivity contribution in [2.45, 2.75) is 32.7 Å². The Kier molecular flexibility index (Phi) is 7.83. The van der Waals surface area contributed by atoms with Gasteiger partial charge in [0, 0.05) is 10.4 Å². The van der Waals surface area contributed by atoms with E-state index in [0.29, 0.717) is 0 Å². The van der Waals surface area contributed by atoms with Crippen molar-refractivity contribution in [3.63, 3.8) is 0 Å². The van der Waals surface area contributed by atoms with Crippen LogP contribution in [-0.2, 0) is 4.79 Å². The van der Waals surface area contributed by atoms with Gasteiger partial charge in [-0.3, -0.25) is 4.79 Å². The molecule has 17 heavy (non-hydrogen) atoms. The van der Waals surface area contributed by atoms with Crippen LogP contribution >= 0.6 is 15.9 Å². The Bertz CT molecular complexity index is 355. The molecule has 0 saturated heterocycles. The van der Waals surface area contributed by atoms with Crippen LogP contribution in [0, 0.1) is 0 Å². The molecule has 0 amide bonds. The molecule has 3 nitrogen and oxygen atoms in total. The van der Waals surface area contributed by atoms with Crippen molar-refractivity contribution in [2.75, 3.05) is 7.05 Å². The third-order valence-corrected chi connectivity index (χ3v) is 2.94. The second-order valence-corrected chi connectivity index (χ2v) is 4.36. The number of nitrogens with one attached hydrogen (secondary N) is 1. The van der Waals surface area contributed by atoms with Gasteiger partial charge in [0.05, 0.1) is 0 Å². The lowest BCUT2D eigenvalue weighted by molar-refractivity contribution is -0.139. The Morgan fingerprint density at radius 2 is 2.00 bits per heavy atom. The monoisotopic (exact) mass is 301 g/mol. The predicted molar refractivity (Wildman–Crippen MR) is 74.4 cm³/mol. The van der Waals surface area contributed by atoms with Gasteiger partial charge in [-0.15, -0.1) is 0 Å². The quantitative estimate of drug-likeness (QED) is 0.897. The van der Waals surface area contributed by atoms with E-state index in [1.54, 1.807) is 7.05 Å². The Hall–Kier alpha value is -0.870. The summed E-state index contributed by atoms with van der Waals surface area (Å²) in [5.74, 6) is -0.894. The van der Waals surface area contributed by atoms with E-state index in [4.69, 9.17) is 5.11 Å². The number of benzene rings is 1. The summed E-state index contributed by atoms with van der Waals surface area (Å²) in [4.78, 5) is 11.0. The zero-order valence-electron chi connectivity index (χ0n) is 10.7. The third kappa shape index (κ3) is 4.88. The molecule has 2 N–H and O–H groups in total. The first kappa shape index (κ1) is 16.1. The number of rotatable bonds is 4. The molecule has 96 valence electrons. The molecule has 2 atom stereocenters. The zero-order chi connectivity index (χ0) is 13.4. The van der Waals surface area contributed by atoms with Crippen molar-refractivity contribution >= 4 is 21.9 Å². The standard InChI is InChI=1S/C11H14BrNO2.C2H6/c1-7(10(13-2)11(14)15)8-4-3-5-9(12)6-8;1-2/h3-7,10,13H,1-2H3,(H,14,15);1-2H3. The number of hydrogen-bond donors (Lipinski definition) is 2. The number of aliphatic carboxylic acids is 1. The van der Waals surface area contributed by atoms with Crippen LogP contribution in [0.15, 0.2) is 28.7 Å². The Labute approximate surface area is 111 Å². The van der Waals surface area contributed by atoms with Gasteiger partial charge in [0.25, 0.3) is 0 Å². The molecule has 0 aromatic heterocycles. The van der Waals surface area contributed by atoms with Crippen molar-refractivity contribution in [2.24, 2.45) is 0 Å². The number of carbonyl (C=O) groups is 1. The summed E-state index contributed by atoms with van der Waals surface area (Å²) < 4.78 is 0.965. The van der Waals surface area contributed by atoms with Gasteiger partial charge in [0.2, 0.25) is 0 Å². The van der Waals surface area contributed by atoms with Crippen molar-refractivity contribution in [3.8, 4) is 0 Å². The first-order valence-corrected chi connectivity index (χ1v) is 6.51. The van der Waals surface area contributed by atoms with Crippen LogP contribution in [0.5, 0.6) is 0 Å². The van der Waals surface area contributed by atoms with Crippen LogP contribution in [0.3, 0.4) is 0 Å². The van der Waals surface area contributed by atoms with Gasteiger partial charge < -0.3 is 10.4 Å². The fourth-order valence-electron chi connectivity index (χ4n) is 1.57. The molecule has 1 aromatic rings. The number of halogens is 1. The first-order valence-electron chi connectivity index (χ1n) is 5.71. The highest BCUT2D eigenvalue weighted by atomic mass is 79.9. The van der Waals surface area contributed by atoms with Crippen LogP contribution in [0.25, 0.3) is 0 Å².